The van der Waals surface area contributed by atoms with Crippen LogP contribution >= 0.6 is 33.9 Å². The fourth-order valence-corrected chi connectivity index (χ4v) is 6.36. The van der Waals surface area contributed by atoms with Crippen molar-refractivity contribution in [2.75, 3.05) is 27.4 Å². The maximum absolute atomic E-state index is 14.0. The number of carbonyl (C=O) groups excluding carboxylic acids is 1. The van der Waals surface area contributed by atoms with Gasteiger partial charge < -0.3 is 23.7 Å². The molecule has 2 heterocycles. The van der Waals surface area contributed by atoms with Crippen LogP contribution in [-0.2, 0) is 9.53 Å². The first kappa shape index (κ1) is 31.1. The zero-order valence-electron chi connectivity index (χ0n) is 24.0. The molecule has 0 saturated carbocycles. The van der Waals surface area contributed by atoms with E-state index in [1.165, 1.54) is 30.1 Å². The number of thiazole rings is 1. The zero-order chi connectivity index (χ0) is 30.6. The summed E-state index contributed by atoms with van der Waals surface area (Å²) in [6.45, 7) is 7.34. The van der Waals surface area contributed by atoms with Crippen molar-refractivity contribution in [2.24, 2.45) is 4.99 Å². The largest absolute Gasteiger partial charge is 0.493 e. The fourth-order valence-electron chi connectivity index (χ4n) is 4.53. The highest BCUT2D eigenvalue weighted by Crippen LogP contribution is 2.37. The van der Waals surface area contributed by atoms with Crippen molar-refractivity contribution in [3.05, 3.63) is 76.0 Å². The Kier molecular flexibility index (Phi) is 9.95. The van der Waals surface area contributed by atoms with E-state index in [4.69, 9.17) is 28.9 Å². The lowest BCUT2D eigenvalue weighted by atomic mass is 9.95. The average Bonchev–Trinajstić information content (AvgIpc) is 3.25. The maximum atomic E-state index is 14.0. The first-order valence-corrected chi connectivity index (χ1v) is 14.9. The van der Waals surface area contributed by atoms with E-state index < -0.39 is 12.0 Å². The third-order valence-corrected chi connectivity index (χ3v) is 8.00. The Morgan fingerprint density at radius 2 is 1.93 bits per heavy atom. The Balaban J connectivity index is 1.92. The van der Waals surface area contributed by atoms with Crippen molar-refractivity contribution < 1.29 is 28.5 Å². The zero-order valence-corrected chi connectivity index (χ0v) is 27.0. The number of hydrogen-bond donors (Lipinski definition) is 0. The van der Waals surface area contributed by atoms with Crippen LogP contribution in [0.1, 0.15) is 44.9 Å². The first-order chi connectivity index (χ1) is 20.1. The van der Waals surface area contributed by atoms with Crippen LogP contribution in [0.4, 0.5) is 0 Å². The van der Waals surface area contributed by atoms with Crippen molar-refractivity contribution >= 4 is 46.0 Å². The molecule has 0 fully saturated rings. The summed E-state index contributed by atoms with van der Waals surface area (Å²) in [5.74, 6) is 1.36. The highest BCUT2D eigenvalue weighted by atomic mass is 127. The van der Waals surface area contributed by atoms with Gasteiger partial charge in [0.2, 0.25) is 0 Å². The average molecular weight is 704 g/mol. The molecule has 1 aromatic heterocycles. The molecule has 0 bridgehead atoms. The predicted molar refractivity (Wildman–Crippen MR) is 166 cm³/mol. The van der Waals surface area contributed by atoms with Gasteiger partial charge in [0.1, 0.15) is 6.07 Å². The second-order valence-corrected chi connectivity index (χ2v) is 11.5. The van der Waals surface area contributed by atoms with Crippen LogP contribution < -0.4 is 33.8 Å². The van der Waals surface area contributed by atoms with Gasteiger partial charge in [-0.05, 0) is 91.8 Å². The smallest absolute Gasteiger partial charge is 0.338 e. The molecule has 0 spiro atoms. The highest BCUT2D eigenvalue weighted by Gasteiger charge is 2.34. The number of ether oxygens (including phenoxy) is 5. The number of rotatable bonds is 10. The summed E-state index contributed by atoms with van der Waals surface area (Å²) in [6, 6.07) is 10.1. The minimum Gasteiger partial charge on any atom is -0.493 e. The Hall–Kier alpha value is -3.83. The second-order valence-electron chi connectivity index (χ2n) is 9.36. The molecule has 12 heteroatoms. The van der Waals surface area contributed by atoms with Crippen LogP contribution in [0.5, 0.6) is 23.0 Å². The van der Waals surface area contributed by atoms with Gasteiger partial charge in [0.25, 0.3) is 5.56 Å². The Morgan fingerprint density at radius 1 is 1.19 bits per heavy atom. The van der Waals surface area contributed by atoms with E-state index in [1.54, 1.807) is 38.1 Å². The fraction of sp³-hybridized carbons (Fsp3) is 0.333. The third-order valence-electron chi connectivity index (χ3n) is 6.21. The lowest BCUT2D eigenvalue weighted by Gasteiger charge is -2.25. The number of allylic oxidation sites excluding steroid dienone is 1. The third kappa shape index (κ3) is 6.32. The molecule has 220 valence electrons. The molecule has 0 aliphatic carbocycles. The summed E-state index contributed by atoms with van der Waals surface area (Å²) in [7, 11) is 3.05. The molecule has 0 N–H and O–H groups in total. The summed E-state index contributed by atoms with van der Waals surface area (Å²) < 4.78 is 30.5. The highest BCUT2D eigenvalue weighted by molar-refractivity contribution is 14.1. The summed E-state index contributed by atoms with van der Waals surface area (Å²) in [5.41, 5.74) is 1.75. The van der Waals surface area contributed by atoms with Crippen molar-refractivity contribution in [2.45, 2.75) is 39.8 Å². The number of fused-ring (bicyclic) bond motifs is 1. The molecular formula is C30H30IN3O7S. The topological polar surface area (TPSA) is 121 Å². The number of aromatic nitrogens is 1. The molecule has 1 atom stereocenters. The predicted octanol–water partition coefficient (Wildman–Crippen LogP) is 4.11. The lowest BCUT2D eigenvalue weighted by molar-refractivity contribution is -0.139. The number of carbonyl (C=O) groups is 1. The quantitative estimate of drug-likeness (QED) is 0.229. The minimum atomic E-state index is -0.805. The number of halogens is 1. The van der Waals surface area contributed by atoms with Crippen LogP contribution in [0.2, 0.25) is 0 Å². The van der Waals surface area contributed by atoms with Crippen molar-refractivity contribution in [1.82, 2.24) is 4.57 Å². The van der Waals surface area contributed by atoms with Gasteiger partial charge >= 0.3 is 5.97 Å². The van der Waals surface area contributed by atoms with Gasteiger partial charge in [-0.1, -0.05) is 17.4 Å². The molecule has 4 rings (SSSR count). The van der Waals surface area contributed by atoms with Crippen molar-refractivity contribution in [1.29, 1.82) is 5.26 Å². The standard InChI is InChI=1S/C30H30IN3O7S/c1-7-39-29(36)25-17(4)33-30-34(26(25)19-8-9-21(41-16(2)3)22(15-19)37-5)28(35)24(42-30)14-18-12-20(31)27(40-11-10-32)23(13-18)38-6/h8-9,12-16,26H,7,11H2,1-6H3/b24-14-/t26-/m0/s1. The first-order valence-electron chi connectivity index (χ1n) is 13.0. The molecule has 1 aliphatic rings. The van der Waals surface area contributed by atoms with Crippen LogP contribution in [0.25, 0.3) is 6.08 Å². The van der Waals surface area contributed by atoms with E-state index in [0.717, 1.165) is 3.57 Å². The lowest BCUT2D eigenvalue weighted by Crippen LogP contribution is -2.40. The van der Waals surface area contributed by atoms with E-state index in [1.807, 2.05) is 32.0 Å². The normalized spacial score (nSPS) is 14.6. The van der Waals surface area contributed by atoms with E-state index >= 15 is 0 Å². The molecule has 1 aliphatic heterocycles. The SMILES string of the molecule is CCOC(=O)C1=C(C)N=c2s/c(=C\c3cc(I)c(OCC#N)c(OC)c3)c(=O)n2[C@H]1c1ccc(OC(C)C)c(OC)c1. The van der Waals surface area contributed by atoms with E-state index in [2.05, 4.69) is 27.6 Å². The van der Waals surface area contributed by atoms with Crippen LogP contribution in [0, 0.1) is 14.9 Å². The molecule has 0 unspecified atom stereocenters. The van der Waals surface area contributed by atoms with Crippen LogP contribution in [0.15, 0.2) is 51.4 Å². The van der Waals surface area contributed by atoms with E-state index in [0.29, 0.717) is 49.2 Å². The molecule has 0 radical (unpaired) electrons. The molecule has 2 aromatic carbocycles. The summed E-state index contributed by atoms with van der Waals surface area (Å²) in [5, 5.41) is 8.91. The van der Waals surface area contributed by atoms with Gasteiger partial charge in [-0.15, -0.1) is 0 Å². The van der Waals surface area contributed by atoms with Gasteiger partial charge in [0.05, 0.1) is 52.3 Å². The van der Waals surface area contributed by atoms with Gasteiger partial charge in [0.15, 0.2) is 34.4 Å². The molecule has 10 nitrogen and oxygen atoms in total. The molecule has 0 amide bonds. The number of nitrogens with zero attached hydrogens (tertiary/aromatic N) is 3. The van der Waals surface area contributed by atoms with Crippen molar-refractivity contribution in [3.63, 3.8) is 0 Å². The van der Waals surface area contributed by atoms with E-state index in [9.17, 15) is 9.59 Å². The maximum Gasteiger partial charge on any atom is 0.338 e. The number of hydrogen-bond acceptors (Lipinski definition) is 10. The van der Waals surface area contributed by atoms with Crippen LogP contribution in [-0.4, -0.2) is 44.1 Å². The number of nitriles is 1. The van der Waals surface area contributed by atoms with Gasteiger partial charge in [0, 0.05) is 0 Å². The Bertz CT molecular complexity index is 1770. The summed E-state index contributed by atoms with van der Waals surface area (Å²) in [6.07, 6.45) is 1.66. The summed E-state index contributed by atoms with van der Waals surface area (Å²) in [4.78, 5) is 32.3. The molecular weight excluding hydrogens is 673 g/mol. The van der Waals surface area contributed by atoms with Crippen molar-refractivity contribution in [3.8, 4) is 29.1 Å². The van der Waals surface area contributed by atoms with E-state index in [-0.39, 0.29) is 30.5 Å². The molecule has 42 heavy (non-hydrogen) atoms. The second kappa shape index (κ2) is 13.4. The van der Waals surface area contributed by atoms with Gasteiger partial charge in [-0.3, -0.25) is 9.36 Å². The Morgan fingerprint density at radius 3 is 2.57 bits per heavy atom. The number of benzene rings is 2. The number of esters is 1. The molecule has 0 saturated heterocycles. The summed E-state index contributed by atoms with van der Waals surface area (Å²) >= 11 is 3.31. The Labute approximate surface area is 260 Å². The van der Waals surface area contributed by atoms with Gasteiger partial charge in [-0.25, -0.2) is 9.79 Å². The van der Waals surface area contributed by atoms with Gasteiger partial charge in [-0.2, -0.15) is 5.26 Å². The minimum absolute atomic E-state index is 0.0756. The van der Waals surface area contributed by atoms with Crippen LogP contribution in [0.3, 0.4) is 0 Å². The number of methoxy groups -OCH3 is 2. The molecule has 3 aromatic rings. The monoisotopic (exact) mass is 703 g/mol.